The summed E-state index contributed by atoms with van der Waals surface area (Å²) in [6.45, 7) is 2.24. The molecule has 2 aromatic rings. The Morgan fingerprint density at radius 2 is 2.30 bits per heavy atom. The number of halogens is 1. The molecule has 0 aliphatic carbocycles. The van der Waals surface area contributed by atoms with Gasteiger partial charge in [-0.1, -0.05) is 0 Å². The number of nitrogens with two attached hydrogens (primary N) is 1. The van der Waals surface area contributed by atoms with Crippen LogP contribution in [0.3, 0.4) is 0 Å². The van der Waals surface area contributed by atoms with Crippen molar-refractivity contribution in [3.63, 3.8) is 0 Å². The number of carbonyl (C=O) groups excluding carboxylic acids is 1. The SMILES string of the molecule is CC(NC(=O)c1ccnc(CN)c1)c1cnn(C)c1.Cl. The molecule has 1 atom stereocenters. The molecule has 2 rings (SSSR count). The highest BCUT2D eigenvalue weighted by molar-refractivity contribution is 5.94. The van der Waals surface area contributed by atoms with E-state index in [9.17, 15) is 4.79 Å². The topological polar surface area (TPSA) is 85.8 Å². The fourth-order valence-electron chi connectivity index (χ4n) is 1.76. The summed E-state index contributed by atoms with van der Waals surface area (Å²) in [5.41, 5.74) is 7.73. The van der Waals surface area contributed by atoms with Crippen LogP contribution in [-0.2, 0) is 13.6 Å². The molecular formula is C13H18ClN5O. The Morgan fingerprint density at radius 3 is 2.90 bits per heavy atom. The highest BCUT2D eigenvalue weighted by Crippen LogP contribution is 2.11. The second-order valence-corrected chi connectivity index (χ2v) is 4.38. The highest BCUT2D eigenvalue weighted by atomic mass is 35.5. The second-order valence-electron chi connectivity index (χ2n) is 4.38. The third kappa shape index (κ3) is 3.79. The number of nitrogens with zero attached hydrogens (tertiary/aromatic N) is 3. The van der Waals surface area contributed by atoms with Crippen LogP contribution in [0.25, 0.3) is 0 Å². The van der Waals surface area contributed by atoms with Crippen LogP contribution in [0.2, 0.25) is 0 Å². The number of amides is 1. The van der Waals surface area contributed by atoms with E-state index in [-0.39, 0.29) is 24.4 Å². The Morgan fingerprint density at radius 1 is 1.55 bits per heavy atom. The van der Waals surface area contributed by atoms with Crippen LogP contribution in [0.4, 0.5) is 0 Å². The summed E-state index contributed by atoms with van der Waals surface area (Å²) < 4.78 is 1.71. The van der Waals surface area contributed by atoms with E-state index < -0.39 is 0 Å². The van der Waals surface area contributed by atoms with Crippen LogP contribution in [0, 0.1) is 0 Å². The molecule has 0 radical (unpaired) electrons. The third-order valence-corrected chi connectivity index (χ3v) is 2.86. The van der Waals surface area contributed by atoms with Gasteiger partial charge in [-0.05, 0) is 19.1 Å². The quantitative estimate of drug-likeness (QED) is 0.887. The molecule has 0 aliphatic heterocycles. The van der Waals surface area contributed by atoms with Crippen molar-refractivity contribution in [3.05, 3.63) is 47.5 Å². The predicted molar refractivity (Wildman–Crippen MR) is 78.5 cm³/mol. The molecule has 1 unspecified atom stereocenters. The first kappa shape index (κ1) is 16.1. The zero-order chi connectivity index (χ0) is 13.8. The Bertz CT molecular complexity index is 584. The lowest BCUT2D eigenvalue weighted by atomic mass is 10.1. The molecule has 0 saturated heterocycles. The molecular weight excluding hydrogens is 278 g/mol. The van der Waals surface area contributed by atoms with Crippen molar-refractivity contribution in [2.75, 3.05) is 0 Å². The Labute approximate surface area is 123 Å². The van der Waals surface area contributed by atoms with Crippen LogP contribution < -0.4 is 11.1 Å². The molecule has 0 saturated carbocycles. The average molecular weight is 296 g/mol. The van der Waals surface area contributed by atoms with Crippen LogP contribution in [0.1, 0.15) is 34.6 Å². The van der Waals surface area contributed by atoms with Gasteiger partial charge in [-0.2, -0.15) is 5.10 Å². The summed E-state index contributed by atoms with van der Waals surface area (Å²) >= 11 is 0. The van der Waals surface area contributed by atoms with Gasteiger partial charge in [-0.3, -0.25) is 14.5 Å². The van der Waals surface area contributed by atoms with E-state index in [1.165, 1.54) is 0 Å². The van der Waals surface area contributed by atoms with E-state index >= 15 is 0 Å². The number of hydrogen-bond donors (Lipinski definition) is 2. The molecule has 0 bridgehead atoms. The maximum Gasteiger partial charge on any atom is 0.251 e. The second kappa shape index (κ2) is 7.02. The number of pyridine rings is 1. The average Bonchev–Trinajstić information content (AvgIpc) is 2.85. The van der Waals surface area contributed by atoms with Crippen molar-refractivity contribution in [3.8, 4) is 0 Å². The maximum atomic E-state index is 12.1. The van der Waals surface area contributed by atoms with Gasteiger partial charge >= 0.3 is 0 Å². The number of aryl methyl sites for hydroxylation is 1. The van der Waals surface area contributed by atoms with Gasteiger partial charge in [0.05, 0.1) is 17.9 Å². The first-order chi connectivity index (χ1) is 9.10. The van der Waals surface area contributed by atoms with Crippen LogP contribution >= 0.6 is 12.4 Å². The molecule has 0 aliphatic rings. The number of rotatable bonds is 4. The molecule has 108 valence electrons. The van der Waals surface area contributed by atoms with Gasteiger partial charge in [0.25, 0.3) is 5.91 Å². The molecule has 20 heavy (non-hydrogen) atoms. The smallest absolute Gasteiger partial charge is 0.251 e. The minimum absolute atomic E-state index is 0. The van der Waals surface area contributed by atoms with Crippen molar-refractivity contribution in [2.45, 2.75) is 19.5 Å². The lowest BCUT2D eigenvalue weighted by Crippen LogP contribution is -2.26. The van der Waals surface area contributed by atoms with Gasteiger partial charge in [0.2, 0.25) is 0 Å². The van der Waals surface area contributed by atoms with Gasteiger partial charge < -0.3 is 11.1 Å². The van der Waals surface area contributed by atoms with Crippen LogP contribution in [0.15, 0.2) is 30.7 Å². The summed E-state index contributed by atoms with van der Waals surface area (Å²) in [7, 11) is 1.84. The van der Waals surface area contributed by atoms with E-state index in [4.69, 9.17) is 5.73 Å². The largest absolute Gasteiger partial charge is 0.345 e. The summed E-state index contributed by atoms with van der Waals surface area (Å²) in [5.74, 6) is -0.145. The van der Waals surface area contributed by atoms with Crippen molar-refractivity contribution < 1.29 is 4.79 Å². The molecule has 0 fully saturated rings. The van der Waals surface area contributed by atoms with Crippen molar-refractivity contribution >= 4 is 18.3 Å². The monoisotopic (exact) mass is 295 g/mol. The summed E-state index contributed by atoms with van der Waals surface area (Å²) in [4.78, 5) is 16.2. The molecule has 6 nitrogen and oxygen atoms in total. The Kier molecular flexibility index (Phi) is 5.66. The number of nitrogens with one attached hydrogen (secondary N) is 1. The van der Waals surface area contributed by atoms with E-state index in [2.05, 4.69) is 15.4 Å². The Hall–Kier alpha value is -1.92. The lowest BCUT2D eigenvalue weighted by Gasteiger charge is -2.12. The number of aromatic nitrogens is 3. The Balaban J connectivity index is 0.00000200. The fourth-order valence-corrected chi connectivity index (χ4v) is 1.76. The maximum absolute atomic E-state index is 12.1. The summed E-state index contributed by atoms with van der Waals surface area (Å²) in [5, 5.41) is 7.00. The molecule has 3 N–H and O–H groups in total. The third-order valence-electron chi connectivity index (χ3n) is 2.86. The lowest BCUT2D eigenvalue weighted by molar-refractivity contribution is 0.0939. The predicted octanol–water partition coefficient (Wildman–Crippen LogP) is 1.19. The van der Waals surface area contributed by atoms with E-state index in [1.54, 1.807) is 29.2 Å². The molecule has 0 aromatic carbocycles. The zero-order valence-electron chi connectivity index (χ0n) is 11.4. The van der Waals surface area contributed by atoms with Gasteiger partial charge in [-0.25, -0.2) is 0 Å². The fraction of sp³-hybridized carbons (Fsp3) is 0.308. The molecule has 2 heterocycles. The first-order valence-electron chi connectivity index (χ1n) is 6.04. The number of hydrogen-bond acceptors (Lipinski definition) is 4. The van der Waals surface area contributed by atoms with E-state index in [0.29, 0.717) is 17.8 Å². The van der Waals surface area contributed by atoms with Crippen LogP contribution in [-0.4, -0.2) is 20.7 Å². The molecule has 7 heteroatoms. The summed E-state index contributed by atoms with van der Waals surface area (Å²) in [6, 6.07) is 3.27. The molecule has 0 spiro atoms. The van der Waals surface area contributed by atoms with Gasteiger partial charge in [-0.15, -0.1) is 12.4 Å². The van der Waals surface area contributed by atoms with Crippen molar-refractivity contribution in [2.24, 2.45) is 12.8 Å². The van der Waals surface area contributed by atoms with Crippen molar-refractivity contribution in [1.29, 1.82) is 0 Å². The van der Waals surface area contributed by atoms with Gasteiger partial charge in [0.1, 0.15) is 0 Å². The summed E-state index contributed by atoms with van der Waals surface area (Å²) in [6.07, 6.45) is 5.21. The van der Waals surface area contributed by atoms with E-state index in [0.717, 1.165) is 5.56 Å². The minimum Gasteiger partial charge on any atom is -0.345 e. The molecule has 2 aromatic heterocycles. The molecule has 1 amide bonds. The first-order valence-corrected chi connectivity index (χ1v) is 6.04. The highest BCUT2D eigenvalue weighted by Gasteiger charge is 2.13. The zero-order valence-corrected chi connectivity index (χ0v) is 12.2. The number of carbonyl (C=O) groups is 1. The van der Waals surface area contributed by atoms with Crippen LogP contribution in [0.5, 0.6) is 0 Å². The van der Waals surface area contributed by atoms with Crippen molar-refractivity contribution in [1.82, 2.24) is 20.1 Å². The minimum atomic E-state index is -0.145. The van der Waals surface area contributed by atoms with E-state index in [1.807, 2.05) is 20.2 Å². The standard InChI is InChI=1S/C13H17N5O.ClH/c1-9(11-7-16-18(2)8-11)17-13(19)10-3-4-15-12(5-10)6-14;/h3-5,7-9H,6,14H2,1-2H3,(H,17,19);1H. The normalized spacial score (nSPS) is 11.6. The van der Waals surface area contributed by atoms with Gasteiger partial charge in [0.15, 0.2) is 0 Å². The van der Waals surface area contributed by atoms with Gasteiger partial charge in [0, 0.05) is 37.1 Å².